The lowest BCUT2D eigenvalue weighted by atomic mass is 9.95. The van der Waals surface area contributed by atoms with Gasteiger partial charge in [-0.2, -0.15) is 23.5 Å². The predicted molar refractivity (Wildman–Crippen MR) is 58.8 cm³/mol. The van der Waals surface area contributed by atoms with Gasteiger partial charge in [0.25, 0.3) is 0 Å². The lowest BCUT2D eigenvalue weighted by Crippen LogP contribution is -2.13. The van der Waals surface area contributed by atoms with Crippen LogP contribution < -0.4 is 0 Å². The number of nitrogens with zero attached hydrogens (tertiary/aromatic N) is 3. The first-order valence-corrected chi connectivity index (χ1v) is 5.99. The molecule has 3 nitrogen and oxygen atoms in total. The Bertz CT molecular complexity index is 482. The largest absolute Gasteiger partial charge is 0.435 e. The normalized spacial score (nSPS) is 17.1. The fourth-order valence-electron chi connectivity index (χ4n) is 2.44. The van der Waals surface area contributed by atoms with Crippen molar-refractivity contribution < 1.29 is 13.2 Å². The minimum atomic E-state index is -4.40. The summed E-state index contributed by atoms with van der Waals surface area (Å²) in [5.41, 5.74) is 0.233. The Hall–Kier alpha value is -1.51. The maximum Gasteiger partial charge on any atom is 0.435 e. The molecule has 1 aliphatic rings. The van der Waals surface area contributed by atoms with Gasteiger partial charge in [-0.05, 0) is 32.6 Å². The first-order valence-electron chi connectivity index (χ1n) is 5.99. The summed E-state index contributed by atoms with van der Waals surface area (Å²) in [6.45, 7) is 1.73. The van der Waals surface area contributed by atoms with Gasteiger partial charge >= 0.3 is 6.18 Å². The topological polar surface area (TPSA) is 41.6 Å². The summed E-state index contributed by atoms with van der Waals surface area (Å²) in [5.74, 6) is 0. The van der Waals surface area contributed by atoms with Crippen molar-refractivity contribution in [3.8, 4) is 6.07 Å². The number of alkyl halides is 3. The molecule has 1 atom stereocenters. The van der Waals surface area contributed by atoms with Gasteiger partial charge in [-0.3, -0.25) is 4.68 Å². The molecular weight excluding hydrogens is 243 g/mol. The molecule has 1 aromatic heterocycles. The van der Waals surface area contributed by atoms with E-state index in [1.54, 1.807) is 6.92 Å². The van der Waals surface area contributed by atoms with Gasteiger partial charge in [-0.15, -0.1) is 0 Å². The molecule has 0 aliphatic heterocycles. The average molecular weight is 257 g/mol. The van der Waals surface area contributed by atoms with Crippen LogP contribution in [0.5, 0.6) is 0 Å². The summed E-state index contributed by atoms with van der Waals surface area (Å²) in [7, 11) is 0. The zero-order valence-corrected chi connectivity index (χ0v) is 10.1. The summed E-state index contributed by atoms with van der Waals surface area (Å²) in [5, 5.41) is 12.4. The minimum absolute atomic E-state index is 0.172. The Balaban J connectivity index is 2.49. The zero-order valence-electron chi connectivity index (χ0n) is 10.1. The van der Waals surface area contributed by atoms with E-state index in [1.165, 1.54) is 4.68 Å². The molecule has 2 rings (SSSR count). The molecule has 0 radical (unpaired) electrons. The highest BCUT2D eigenvalue weighted by Gasteiger charge is 2.39. The van der Waals surface area contributed by atoms with Gasteiger partial charge in [0.05, 0.1) is 18.5 Å². The standard InChI is InChI=1S/C12H14F3N3/c1-8(6-7-16)18-10-5-3-2-4-9(10)11(17-18)12(13,14)15/h8H,2-6H2,1H3. The second-order valence-electron chi connectivity index (χ2n) is 4.63. The molecule has 0 aromatic carbocycles. The molecule has 0 spiro atoms. The van der Waals surface area contributed by atoms with Crippen LogP contribution in [0.4, 0.5) is 13.2 Å². The number of fused-ring (bicyclic) bond motifs is 1. The van der Waals surface area contributed by atoms with E-state index in [-0.39, 0.29) is 12.5 Å². The summed E-state index contributed by atoms with van der Waals surface area (Å²) in [6, 6.07) is 1.67. The van der Waals surface area contributed by atoms with Crippen molar-refractivity contribution in [2.24, 2.45) is 0 Å². The Kier molecular flexibility index (Phi) is 3.33. The highest BCUT2D eigenvalue weighted by atomic mass is 19.4. The van der Waals surface area contributed by atoms with Crippen LogP contribution in [0, 0.1) is 11.3 Å². The number of nitriles is 1. The molecular formula is C12H14F3N3. The minimum Gasteiger partial charge on any atom is -0.265 e. The third kappa shape index (κ3) is 2.22. The summed E-state index contributed by atoms with van der Waals surface area (Å²) in [6.07, 6.45) is -1.52. The van der Waals surface area contributed by atoms with Gasteiger partial charge in [0, 0.05) is 11.3 Å². The number of hydrogen-bond acceptors (Lipinski definition) is 2. The average Bonchev–Trinajstić information content (AvgIpc) is 2.68. The number of rotatable bonds is 2. The van der Waals surface area contributed by atoms with E-state index in [9.17, 15) is 13.2 Å². The van der Waals surface area contributed by atoms with Gasteiger partial charge in [-0.1, -0.05) is 0 Å². The third-order valence-electron chi connectivity index (χ3n) is 3.28. The van der Waals surface area contributed by atoms with E-state index in [0.717, 1.165) is 12.8 Å². The monoisotopic (exact) mass is 257 g/mol. The van der Waals surface area contributed by atoms with Crippen LogP contribution in [0.1, 0.15) is 49.2 Å². The second-order valence-corrected chi connectivity index (χ2v) is 4.63. The summed E-state index contributed by atoms with van der Waals surface area (Å²) < 4.78 is 40.1. The van der Waals surface area contributed by atoms with Gasteiger partial charge in [0.1, 0.15) is 0 Å². The van der Waals surface area contributed by atoms with Crippen molar-refractivity contribution >= 4 is 0 Å². The molecule has 6 heteroatoms. The lowest BCUT2D eigenvalue weighted by molar-refractivity contribution is -0.142. The van der Waals surface area contributed by atoms with Crippen molar-refractivity contribution in [1.82, 2.24) is 9.78 Å². The van der Waals surface area contributed by atoms with Gasteiger partial charge < -0.3 is 0 Å². The molecule has 0 amide bonds. The smallest absolute Gasteiger partial charge is 0.265 e. The molecule has 1 unspecified atom stereocenters. The quantitative estimate of drug-likeness (QED) is 0.816. The van der Waals surface area contributed by atoms with Crippen molar-refractivity contribution in [2.45, 2.75) is 51.2 Å². The van der Waals surface area contributed by atoms with Crippen LogP contribution in [0.2, 0.25) is 0 Å². The van der Waals surface area contributed by atoms with Crippen LogP contribution in [0.3, 0.4) is 0 Å². The molecule has 98 valence electrons. The first kappa shape index (κ1) is 12.9. The molecule has 0 saturated heterocycles. The van der Waals surface area contributed by atoms with Crippen LogP contribution in [-0.4, -0.2) is 9.78 Å². The van der Waals surface area contributed by atoms with E-state index in [2.05, 4.69) is 5.10 Å². The highest BCUT2D eigenvalue weighted by molar-refractivity contribution is 5.31. The maximum absolute atomic E-state index is 12.9. The van der Waals surface area contributed by atoms with Gasteiger partial charge in [0.15, 0.2) is 5.69 Å². The van der Waals surface area contributed by atoms with E-state index in [0.29, 0.717) is 24.1 Å². The Morgan fingerprint density at radius 2 is 2.06 bits per heavy atom. The fourth-order valence-corrected chi connectivity index (χ4v) is 2.44. The molecule has 0 bridgehead atoms. The van der Waals surface area contributed by atoms with Gasteiger partial charge in [0.2, 0.25) is 0 Å². The summed E-state index contributed by atoms with van der Waals surface area (Å²) in [4.78, 5) is 0. The molecule has 0 fully saturated rings. The molecule has 1 aliphatic carbocycles. The number of hydrogen-bond donors (Lipinski definition) is 0. The highest BCUT2D eigenvalue weighted by Crippen LogP contribution is 2.36. The number of halogens is 3. The Labute approximate surface area is 103 Å². The summed E-state index contributed by atoms with van der Waals surface area (Å²) >= 11 is 0. The van der Waals surface area contributed by atoms with Gasteiger partial charge in [-0.25, -0.2) is 0 Å². The zero-order chi connectivity index (χ0) is 13.3. The number of aromatic nitrogens is 2. The van der Waals surface area contributed by atoms with Crippen LogP contribution in [0.15, 0.2) is 0 Å². The third-order valence-corrected chi connectivity index (χ3v) is 3.28. The predicted octanol–water partition coefficient (Wildman–Crippen LogP) is 3.26. The van der Waals surface area contributed by atoms with Crippen molar-refractivity contribution in [2.75, 3.05) is 0 Å². The fraction of sp³-hybridized carbons (Fsp3) is 0.667. The molecule has 1 aromatic rings. The molecule has 0 saturated carbocycles. The molecule has 1 heterocycles. The SMILES string of the molecule is CC(CC#N)n1nc(C(F)(F)F)c2c1CCCC2. The van der Waals surface area contributed by atoms with Crippen molar-refractivity contribution in [1.29, 1.82) is 5.26 Å². The second kappa shape index (κ2) is 4.63. The first-order chi connectivity index (χ1) is 8.45. The Morgan fingerprint density at radius 3 is 2.67 bits per heavy atom. The van der Waals surface area contributed by atoms with E-state index < -0.39 is 11.9 Å². The van der Waals surface area contributed by atoms with E-state index in [4.69, 9.17) is 5.26 Å². The maximum atomic E-state index is 12.9. The van der Waals surface area contributed by atoms with Crippen LogP contribution >= 0.6 is 0 Å². The van der Waals surface area contributed by atoms with E-state index in [1.807, 2.05) is 6.07 Å². The lowest BCUT2D eigenvalue weighted by Gasteiger charge is -2.17. The van der Waals surface area contributed by atoms with Crippen LogP contribution in [0.25, 0.3) is 0 Å². The Morgan fingerprint density at radius 1 is 1.39 bits per heavy atom. The van der Waals surface area contributed by atoms with E-state index >= 15 is 0 Å². The molecule has 0 N–H and O–H groups in total. The van der Waals surface area contributed by atoms with Crippen molar-refractivity contribution in [3.05, 3.63) is 17.0 Å². The molecule has 18 heavy (non-hydrogen) atoms. The van der Waals surface area contributed by atoms with Crippen LogP contribution in [-0.2, 0) is 19.0 Å². The van der Waals surface area contributed by atoms with Crippen molar-refractivity contribution in [3.63, 3.8) is 0 Å².